The van der Waals surface area contributed by atoms with Gasteiger partial charge in [-0.2, -0.15) is 0 Å². The standard InChI is InChI=1S/C22H30N4O.HI/c1-16-9-10-20(17(2)13-16)15-25-22(23-3)24-12-11-18-7-6-8-19(14-18)21(27)26(4)5;/h6-10,13-14H,11-12,15H2,1-5H3,(H2,23,24,25);1H. The van der Waals surface area contributed by atoms with Gasteiger partial charge in [-0.25, -0.2) is 0 Å². The number of rotatable bonds is 6. The van der Waals surface area contributed by atoms with Crippen molar-refractivity contribution >= 4 is 35.8 Å². The van der Waals surface area contributed by atoms with Crippen LogP contribution < -0.4 is 10.6 Å². The van der Waals surface area contributed by atoms with Crippen LogP contribution in [0.3, 0.4) is 0 Å². The molecule has 0 saturated heterocycles. The Kier molecular flexibility index (Phi) is 9.99. The van der Waals surface area contributed by atoms with E-state index in [1.807, 2.05) is 24.3 Å². The molecule has 0 radical (unpaired) electrons. The Balaban J connectivity index is 0.00000392. The topological polar surface area (TPSA) is 56.7 Å². The summed E-state index contributed by atoms with van der Waals surface area (Å²) >= 11 is 0. The number of halogens is 1. The van der Waals surface area contributed by atoms with E-state index in [0.29, 0.717) is 0 Å². The van der Waals surface area contributed by atoms with Crippen LogP contribution in [0.1, 0.15) is 32.6 Å². The molecule has 0 aromatic heterocycles. The molecule has 2 N–H and O–H groups in total. The van der Waals surface area contributed by atoms with Crippen LogP contribution in [0.4, 0.5) is 0 Å². The number of hydrogen-bond donors (Lipinski definition) is 2. The molecule has 152 valence electrons. The van der Waals surface area contributed by atoms with Crippen molar-refractivity contribution in [1.29, 1.82) is 0 Å². The highest BCUT2D eigenvalue weighted by molar-refractivity contribution is 14.0. The normalized spacial score (nSPS) is 10.8. The number of guanidine groups is 1. The first-order valence-electron chi connectivity index (χ1n) is 9.22. The SMILES string of the molecule is CN=C(NCCc1cccc(C(=O)N(C)C)c1)NCc1ccc(C)cc1C.I. The molecule has 0 bridgehead atoms. The number of aryl methyl sites for hydroxylation is 2. The molecule has 0 heterocycles. The third-order valence-electron chi connectivity index (χ3n) is 4.45. The van der Waals surface area contributed by atoms with Gasteiger partial charge < -0.3 is 15.5 Å². The van der Waals surface area contributed by atoms with Crippen molar-refractivity contribution in [3.63, 3.8) is 0 Å². The average Bonchev–Trinajstić information content (AvgIpc) is 2.65. The van der Waals surface area contributed by atoms with Crippen molar-refractivity contribution in [3.05, 3.63) is 70.3 Å². The third kappa shape index (κ3) is 7.14. The van der Waals surface area contributed by atoms with Crippen molar-refractivity contribution in [1.82, 2.24) is 15.5 Å². The van der Waals surface area contributed by atoms with Crippen LogP contribution >= 0.6 is 24.0 Å². The molecule has 0 spiro atoms. The van der Waals surface area contributed by atoms with Gasteiger partial charge in [0.2, 0.25) is 0 Å². The van der Waals surface area contributed by atoms with Gasteiger partial charge in [-0.1, -0.05) is 35.9 Å². The van der Waals surface area contributed by atoms with Crippen LogP contribution in [-0.4, -0.2) is 44.5 Å². The third-order valence-corrected chi connectivity index (χ3v) is 4.45. The van der Waals surface area contributed by atoms with Crippen LogP contribution in [0.15, 0.2) is 47.5 Å². The summed E-state index contributed by atoms with van der Waals surface area (Å²) in [5, 5.41) is 6.69. The van der Waals surface area contributed by atoms with Crippen LogP contribution in [0.5, 0.6) is 0 Å². The Morgan fingerprint density at radius 1 is 1.07 bits per heavy atom. The average molecular weight is 494 g/mol. The highest BCUT2D eigenvalue weighted by Gasteiger charge is 2.08. The van der Waals surface area contributed by atoms with Gasteiger partial charge in [-0.05, 0) is 49.1 Å². The highest BCUT2D eigenvalue weighted by Crippen LogP contribution is 2.10. The lowest BCUT2D eigenvalue weighted by atomic mass is 10.1. The van der Waals surface area contributed by atoms with Gasteiger partial charge in [-0.3, -0.25) is 9.79 Å². The fourth-order valence-electron chi connectivity index (χ4n) is 2.89. The van der Waals surface area contributed by atoms with E-state index >= 15 is 0 Å². The number of hydrogen-bond acceptors (Lipinski definition) is 2. The van der Waals surface area contributed by atoms with Crippen molar-refractivity contribution in [2.24, 2.45) is 4.99 Å². The molecule has 6 heteroatoms. The molecular weight excluding hydrogens is 463 g/mol. The summed E-state index contributed by atoms with van der Waals surface area (Å²) in [6.07, 6.45) is 0.818. The van der Waals surface area contributed by atoms with Crippen molar-refractivity contribution in [2.45, 2.75) is 26.8 Å². The second-order valence-corrected chi connectivity index (χ2v) is 6.93. The second-order valence-electron chi connectivity index (χ2n) is 6.93. The van der Waals surface area contributed by atoms with Gasteiger partial charge in [0, 0.05) is 39.8 Å². The summed E-state index contributed by atoms with van der Waals surface area (Å²) < 4.78 is 0. The number of nitrogens with zero attached hydrogens (tertiary/aromatic N) is 2. The van der Waals surface area contributed by atoms with Gasteiger partial charge in [0.05, 0.1) is 0 Å². The lowest BCUT2D eigenvalue weighted by molar-refractivity contribution is 0.0827. The molecule has 0 fully saturated rings. The number of nitrogens with one attached hydrogen (secondary N) is 2. The first-order chi connectivity index (χ1) is 12.9. The molecule has 5 nitrogen and oxygen atoms in total. The quantitative estimate of drug-likeness (QED) is 0.367. The van der Waals surface area contributed by atoms with E-state index in [2.05, 4.69) is 47.7 Å². The maximum Gasteiger partial charge on any atom is 0.253 e. The zero-order valence-electron chi connectivity index (χ0n) is 17.4. The molecule has 2 aromatic carbocycles. The zero-order valence-corrected chi connectivity index (χ0v) is 19.7. The lowest BCUT2D eigenvalue weighted by Crippen LogP contribution is -2.38. The van der Waals surface area contributed by atoms with E-state index in [1.165, 1.54) is 16.7 Å². The largest absolute Gasteiger partial charge is 0.356 e. The fraction of sp³-hybridized carbons (Fsp3) is 0.364. The summed E-state index contributed by atoms with van der Waals surface area (Å²) in [6.45, 7) is 5.71. The fourth-order valence-corrected chi connectivity index (χ4v) is 2.89. The minimum Gasteiger partial charge on any atom is -0.356 e. The maximum absolute atomic E-state index is 12.1. The zero-order chi connectivity index (χ0) is 19.8. The molecule has 0 aliphatic heterocycles. The number of aliphatic imine (C=N–C) groups is 1. The monoisotopic (exact) mass is 494 g/mol. The Hall–Kier alpha value is -2.09. The Morgan fingerprint density at radius 3 is 2.46 bits per heavy atom. The van der Waals surface area contributed by atoms with Crippen molar-refractivity contribution in [2.75, 3.05) is 27.7 Å². The molecule has 0 aliphatic rings. The summed E-state index contributed by atoms with van der Waals surface area (Å²) in [5.41, 5.74) is 5.65. The highest BCUT2D eigenvalue weighted by atomic mass is 127. The number of benzene rings is 2. The number of carbonyl (C=O) groups is 1. The molecule has 28 heavy (non-hydrogen) atoms. The van der Waals surface area contributed by atoms with E-state index in [-0.39, 0.29) is 29.9 Å². The van der Waals surface area contributed by atoms with E-state index < -0.39 is 0 Å². The summed E-state index contributed by atoms with van der Waals surface area (Å²) in [5.74, 6) is 0.797. The first kappa shape index (κ1) is 23.9. The second kappa shape index (κ2) is 11.7. The molecule has 0 unspecified atom stereocenters. The van der Waals surface area contributed by atoms with Crippen molar-refractivity contribution < 1.29 is 4.79 Å². The van der Waals surface area contributed by atoms with Crippen molar-refractivity contribution in [3.8, 4) is 0 Å². The lowest BCUT2D eigenvalue weighted by Gasteiger charge is -2.14. The molecule has 2 rings (SSSR count). The van der Waals surface area contributed by atoms with Gasteiger partial charge >= 0.3 is 0 Å². The molecular formula is C22H31IN4O. The molecule has 1 amide bonds. The predicted octanol–water partition coefficient (Wildman–Crippen LogP) is 3.53. The van der Waals surface area contributed by atoms with Crippen LogP contribution in [0.2, 0.25) is 0 Å². The van der Waals surface area contributed by atoms with Gasteiger partial charge in [0.15, 0.2) is 5.96 Å². The summed E-state index contributed by atoms with van der Waals surface area (Å²) in [7, 11) is 5.30. The molecule has 0 aliphatic carbocycles. The van der Waals surface area contributed by atoms with Crippen LogP contribution in [-0.2, 0) is 13.0 Å². The van der Waals surface area contributed by atoms with Crippen LogP contribution in [0.25, 0.3) is 0 Å². The summed E-state index contributed by atoms with van der Waals surface area (Å²) in [4.78, 5) is 18.0. The molecule has 2 aromatic rings. The van der Waals surface area contributed by atoms with Gasteiger partial charge in [0.25, 0.3) is 5.91 Å². The van der Waals surface area contributed by atoms with E-state index in [4.69, 9.17) is 0 Å². The Labute approximate surface area is 185 Å². The Morgan fingerprint density at radius 2 is 1.82 bits per heavy atom. The Bertz CT molecular complexity index is 818. The minimum atomic E-state index is 0. The van der Waals surface area contributed by atoms with E-state index in [9.17, 15) is 4.79 Å². The maximum atomic E-state index is 12.1. The smallest absolute Gasteiger partial charge is 0.253 e. The molecule has 0 atom stereocenters. The summed E-state index contributed by atoms with van der Waals surface area (Å²) in [6, 6.07) is 14.2. The molecule has 0 saturated carbocycles. The van der Waals surface area contributed by atoms with Gasteiger partial charge in [0.1, 0.15) is 0 Å². The van der Waals surface area contributed by atoms with Gasteiger partial charge in [-0.15, -0.1) is 24.0 Å². The van der Waals surface area contributed by atoms with E-state index in [0.717, 1.165) is 36.6 Å². The number of carbonyl (C=O) groups excluding carboxylic acids is 1. The van der Waals surface area contributed by atoms with E-state index in [1.54, 1.807) is 26.0 Å². The predicted molar refractivity (Wildman–Crippen MR) is 128 cm³/mol. The number of amides is 1. The minimum absolute atomic E-state index is 0. The van der Waals surface area contributed by atoms with Crippen LogP contribution in [0, 0.1) is 13.8 Å². The first-order valence-corrected chi connectivity index (χ1v) is 9.22.